The first-order valence-electron chi connectivity index (χ1n) is 12.8. The van der Waals surface area contributed by atoms with E-state index in [0.29, 0.717) is 18.4 Å². The Morgan fingerprint density at radius 3 is 2.21 bits per heavy atom. The lowest BCUT2D eigenvalue weighted by atomic mass is 10.0. The summed E-state index contributed by atoms with van der Waals surface area (Å²) in [7, 11) is -3.57. The molecule has 0 bridgehead atoms. The molecular weight excluding hydrogens is 517 g/mol. The molecule has 0 aromatic heterocycles. The van der Waals surface area contributed by atoms with Crippen LogP contribution in [-0.4, -0.2) is 44.3 Å². The van der Waals surface area contributed by atoms with E-state index in [1.165, 1.54) is 29.2 Å². The van der Waals surface area contributed by atoms with Gasteiger partial charge in [0.1, 0.15) is 11.9 Å². The summed E-state index contributed by atoms with van der Waals surface area (Å²) in [6.45, 7) is 6.02. The number of hydrogen-bond acceptors (Lipinski definition) is 4. The van der Waals surface area contributed by atoms with Crippen molar-refractivity contribution >= 4 is 21.8 Å². The van der Waals surface area contributed by atoms with E-state index >= 15 is 0 Å². The van der Waals surface area contributed by atoms with Crippen LogP contribution in [0.3, 0.4) is 0 Å². The van der Waals surface area contributed by atoms with Crippen LogP contribution in [0.2, 0.25) is 0 Å². The number of halogens is 1. The molecule has 0 aliphatic carbocycles. The Morgan fingerprint density at radius 1 is 0.949 bits per heavy atom. The number of nitrogens with one attached hydrogen (secondary N) is 2. The highest BCUT2D eigenvalue weighted by Crippen LogP contribution is 2.18. The number of rotatable bonds is 14. The fraction of sp³-hybridized carbons (Fsp3) is 0.267. The number of carbonyl (C=O) groups is 2. The zero-order chi connectivity index (χ0) is 28.3. The number of sulfonamides is 1. The first-order valence-corrected chi connectivity index (χ1v) is 14.3. The topological polar surface area (TPSA) is 95.6 Å². The van der Waals surface area contributed by atoms with Crippen molar-refractivity contribution in [2.45, 2.75) is 43.7 Å². The third kappa shape index (κ3) is 8.87. The van der Waals surface area contributed by atoms with Gasteiger partial charge in [0.25, 0.3) is 0 Å². The van der Waals surface area contributed by atoms with Crippen LogP contribution in [0, 0.1) is 5.82 Å². The zero-order valence-electron chi connectivity index (χ0n) is 22.0. The van der Waals surface area contributed by atoms with Crippen LogP contribution in [0.1, 0.15) is 30.0 Å². The van der Waals surface area contributed by atoms with E-state index in [0.717, 1.165) is 11.1 Å². The minimum Gasteiger partial charge on any atom is -0.351 e. The quantitative estimate of drug-likeness (QED) is 0.296. The van der Waals surface area contributed by atoms with Gasteiger partial charge in [0.2, 0.25) is 21.8 Å². The highest BCUT2D eigenvalue weighted by Gasteiger charge is 2.30. The number of carbonyl (C=O) groups excluding carboxylic acids is 2. The van der Waals surface area contributed by atoms with Crippen molar-refractivity contribution < 1.29 is 22.4 Å². The molecule has 0 spiro atoms. The van der Waals surface area contributed by atoms with Gasteiger partial charge in [-0.05, 0) is 47.4 Å². The molecule has 1 unspecified atom stereocenters. The summed E-state index contributed by atoms with van der Waals surface area (Å²) in [4.78, 5) is 28.6. The molecule has 3 aromatic rings. The fourth-order valence-electron chi connectivity index (χ4n) is 4.13. The molecule has 0 heterocycles. The number of nitrogens with zero attached hydrogens (tertiary/aromatic N) is 1. The van der Waals surface area contributed by atoms with E-state index in [1.54, 1.807) is 37.3 Å². The molecule has 206 valence electrons. The van der Waals surface area contributed by atoms with E-state index < -0.39 is 16.1 Å². The molecule has 39 heavy (non-hydrogen) atoms. The molecule has 7 nitrogen and oxygen atoms in total. The van der Waals surface area contributed by atoms with Gasteiger partial charge < -0.3 is 10.2 Å². The highest BCUT2D eigenvalue weighted by atomic mass is 32.2. The van der Waals surface area contributed by atoms with Crippen molar-refractivity contribution in [3.63, 3.8) is 0 Å². The van der Waals surface area contributed by atoms with Gasteiger partial charge in [0.05, 0.1) is 4.90 Å². The molecule has 0 aliphatic heterocycles. The molecule has 3 rings (SSSR count). The Labute approximate surface area is 229 Å². The Balaban J connectivity index is 1.85. The number of amides is 2. The summed E-state index contributed by atoms with van der Waals surface area (Å²) in [5, 5.41) is 2.81. The summed E-state index contributed by atoms with van der Waals surface area (Å²) >= 11 is 0. The summed E-state index contributed by atoms with van der Waals surface area (Å²) in [6, 6.07) is 20.8. The molecule has 9 heteroatoms. The molecular formula is C30H34FN3O4S. The average Bonchev–Trinajstić information content (AvgIpc) is 2.94. The predicted octanol–water partition coefficient (Wildman–Crippen LogP) is 4.00. The largest absolute Gasteiger partial charge is 0.351 e. The Morgan fingerprint density at radius 2 is 1.59 bits per heavy atom. The van der Waals surface area contributed by atoms with Crippen molar-refractivity contribution in [2.24, 2.45) is 0 Å². The van der Waals surface area contributed by atoms with E-state index in [4.69, 9.17) is 0 Å². The Kier molecular flexibility index (Phi) is 11.0. The number of hydrogen-bond donors (Lipinski definition) is 2. The average molecular weight is 552 g/mol. The maximum absolute atomic E-state index is 13.7. The molecule has 0 saturated carbocycles. The smallest absolute Gasteiger partial charge is 0.243 e. The summed E-state index contributed by atoms with van der Waals surface area (Å²) in [5.41, 5.74) is 2.37. The van der Waals surface area contributed by atoms with Gasteiger partial charge in [-0.3, -0.25) is 9.59 Å². The lowest BCUT2D eigenvalue weighted by Crippen LogP contribution is -2.50. The minimum absolute atomic E-state index is 0.0977. The van der Waals surface area contributed by atoms with Crippen molar-refractivity contribution in [3.05, 3.63) is 114 Å². The highest BCUT2D eigenvalue weighted by molar-refractivity contribution is 7.89. The van der Waals surface area contributed by atoms with E-state index in [-0.39, 0.29) is 48.6 Å². The molecule has 1 atom stereocenters. The maximum atomic E-state index is 13.7. The molecule has 0 saturated heterocycles. The standard InChI is InChI=1S/C30H34FN3O4S/c1-3-20-32-30(36)28(21-24-8-6-5-7-9-24)34(22-25-10-15-26(31)16-11-25)29(35)19-14-23-12-17-27(18-13-23)39(37,38)33-4-2/h3,5-13,15-18,28,33H,1,4,14,19-22H2,2H3,(H,32,36). The molecule has 2 N–H and O–H groups in total. The van der Waals surface area contributed by atoms with E-state index in [9.17, 15) is 22.4 Å². The monoisotopic (exact) mass is 551 g/mol. The van der Waals surface area contributed by atoms with Crippen molar-refractivity contribution in [2.75, 3.05) is 13.1 Å². The van der Waals surface area contributed by atoms with E-state index in [1.807, 2.05) is 30.3 Å². The third-order valence-corrected chi connectivity index (χ3v) is 7.71. The summed E-state index contributed by atoms with van der Waals surface area (Å²) in [6.07, 6.45) is 2.32. The SMILES string of the molecule is C=CCNC(=O)C(Cc1ccccc1)N(Cc1ccc(F)cc1)C(=O)CCc1ccc(S(=O)(=O)NCC)cc1. The van der Waals surface area contributed by atoms with Crippen molar-refractivity contribution in [1.29, 1.82) is 0 Å². The first kappa shape index (κ1) is 29.7. The van der Waals surface area contributed by atoms with E-state index in [2.05, 4.69) is 16.6 Å². The molecule has 0 fully saturated rings. The molecule has 3 aromatic carbocycles. The lowest BCUT2D eigenvalue weighted by molar-refractivity contribution is -0.141. The fourth-order valence-corrected chi connectivity index (χ4v) is 5.18. The molecule has 0 aliphatic rings. The first-order chi connectivity index (χ1) is 18.7. The second kappa shape index (κ2) is 14.4. The van der Waals surface area contributed by atoms with Gasteiger partial charge in [-0.1, -0.05) is 67.6 Å². The van der Waals surface area contributed by atoms with Crippen molar-refractivity contribution in [1.82, 2.24) is 14.9 Å². The zero-order valence-corrected chi connectivity index (χ0v) is 22.8. The third-order valence-electron chi connectivity index (χ3n) is 6.15. The normalized spacial score (nSPS) is 11.9. The molecule has 0 radical (unpaired) electrons. The van der Waals surface area contributed by atoms with Gasteiger partial charge in [-0.2, -0.15) is 0 Å². The lowest BCUT2D eigenvalue weighted by Gasteiger charge is -2.31. The molecule has 2 amide bonds. The van der Waals surface area contributed by atoms with Gasteiger partial charge in [0, 0.05) is 32.5 Å². The van der Waals surface area contributed by atoms with Gasteiger partial charge >= 0.3 is 0 Å². The predicted molar refractivity (Wildman–Crippen MR) is 150 cm³/mol. The van der Waals surface area contributed by atoms with Crippen LogP contribution in [-0.2, 0) is 39.0 Å². The number of benzene rings is 3. The van der Waals surface area contributed by atoms with Crippen molar-refractivity contribution in [3.8, 4) is 0 Å². The van der Waals surface area contributed by atoms with Crippen LogP contribution in [0.5, 0.6) is 0 Å². The van der Waals surface area contributed by atoms with Gasteiger partial charge in [0.15, 0.2) is 0 Å². The van der Waals surface area contributed by atoms with Gasteiger partial charge in [-0.25, -0.2) is 17.5 Å². The van der Waals surface area contributed by atoms with Gasteiger partial charge in [-0.15, -0.1) is 6.58 Å². The minimum atomic E-state index is -3.57. The Hall–Kier alpha value is -3.82. The van der Waals surface area contributed by atoms with Crippen LogP contribution in [0.15, 0.2) is 96.4 Å². The van der Waals surface area contributed by atoms with Crippen LogP contribution >= 0.6 is 0 Å². The summed E-state index contributed by atoms with van der Waals surface area (Å²) < 4.78 is 40.4. The Bertz CT molecular complexity index is 1350. The maximum Gasteiger partial charge on any atom is 0.243 e. The van der Waals surface area contributed by atoms with Crippen LogP contribution in [0.25, 0.3) is 0 Å². The number of aryl methyl sites for hydroxylation is 1. The second-order valence-corrected chi connectivity index (χ2v) is 10.8. The second-order valence-electron chi connectivity index (χ2n) is 9.03. The van der Waals surface area contributed by atoms with Crippen LogP contribution in [0.4, 0.5) is 4.39 Å². The van der Waals surface area contributed by atoms with Crippen LogP contribution < -0.4 is 10.0 Å². The summed E-state index contributed by atoms with van der Waals surface area (Å²) in [5.74, 6) is -0.952.